The molecule has 2 heterocycles. The van der Waals surface area contributed by atoms with E-state index in [9.17, 15) is 9.90 Å². The standard InChI is InChI=1S/C12H12Br2N4O2S/c13-7-5-8(21-9(7)14)10-15-16-17-18(10)6-12(11(19)20)3-1-2-4-12/h5H,1-4,6H2,(H,19,20). The fraction of sp³-hybridized carbons (Fsp3) is 0.500. The van der Waals surface area contributed by atoms with Gasteiger partial charge in [-0.15, -0.1) is 16.4 Å². The molecule has 0 aromatic carbocycles. The Hall–Kier alpha value is -0.800. The van der Waals surface area contributed by atoms with Gasteiger partial charge in [0.25, 0.3) is 0 Å². The third-order valence-corrected chi connectivity index (χ3v) is 7.12. The fourth-order valence-corrected chi connectivity index (χ4v) is 4.75. The van der Waals surface area contributed by atoms with Gasteiger partial charge in [0.1, 0.15) is 0 Å². The molecule has 3 rings (SSSR count). The molecule has 1 saturated carbocycles. The van der Waals surface area contributed by atoms with E-state index >= 15 is 0 Å². The molecule has 9 heteroatoms. The fourth-order valence-electron chi connectivity index (χ4n) is 2.72. The highest BCUT2D eigenvalue weighted by atomic mass is 79.9. The van der Waals surface area contributed by atoms with Crippen molar-refractivity contribution < 1.29 is 9.90 Å². The van der Waals surface area contributed by atoms with Gasteiger partial charge in [-0.25, -0.2) is 4.68 Å². The number of hydrogen-bond donors (Lipinski definition) is 1. The van der Waals surface area contributed by atoms with Crippen LogP contribution in [0.5, 0.6) is 0 Å². The van der Waals surface area contributed by atoms with Gasteiger partial charge in [0, 0.05) is 4.47 Å². The molecule has 1 aliphatic carbocycles. The van der Waals surface area contributed by atoms with Crippen LogP contribution in [0.15, 0.2) is 14.3 Å². The first-order chi connectivity index (χ1) is 10.0. The number of rotatable bonds is 4. The summed E-state index contributed by atoms with van der Waals surface area (Å²) in [7, 11) is 0. The highest BCUT2D eigenvalue weighted by Crippen LogP contribution is 2.41. The lowest BCUT2D eigenvalue weighted by Crippen LogP contribution is -2.33. The number of carboxylic acid groups (broad SMARTS) is 1. The predicted octanol–water partition coefficient (Wildman–Crippen LogP) is 3.57. The molecule has 112 valence electrons. The number of carbonyl (C=O) groups is 1. The number of aromatic nitrogens is 4. The molecular weight excluding hydrogens is 424 g/mol. The van der Waals surface area contributed by atoms with Crippen LogP contribution in [0.25, 0.3) is 10.7 Å². The zero-order chi connectivity index (χ0) is 15.0. The van der Waals surface area contributed by atoms with Crippen LogP contribution in [0.4, 0.5) is 0 Å². The Labute approximate surface area is 141 Å². The van der Waals surface area contributed by atoms with E-state index < -0.39 is 11.4 Å². The topological polar surface area (TPSA) is 80.9 Å². The zero-order valence-electron chi connectivity index (χ0n) is 10.9. The summed E-state index contributed by atoms with van der Waals surface area (Å²) < 4.78 is 3.51. The van der Waals surface area contributed by atoms with Gasteiger partial charge < -0.3 is 5.11 Å². The van der Waals surface area contributed by atoms with Gasteiger partial charge in [-0.2, -0.15) is 0 Å². The van der Waals surface area contributed by atoms with Gasteiger partial charge in [0.05, 0.1) is 20.6 Å². The highest BCUT2D eigenvalue weighted by Gasteiger charge is 2.42. The number of tetrazole rings is 1. The van der Waals surface area contributed by atoms with Crippen molar-refractivity contribution in [2.24, 2.45) is 5.41 Å². The lowest BCUT2D eigenvalue weighted by atomic mass is 9.86. The summed E-state index contributed by atoms with van der Waals surface area (Å²) in [5.41, 5.74) is -0.740. The molecule has 2 aromatic heterocycles. The largest absolute Gasteiger partial charge is 0.481 e. The summed E-state index contributed by atoms with van der Waals surface area (Å²) in [6.45, 7) is 0.317. The molecule has 0 radical (unpaired) electrons. The number of aliphatic carboxylic acids is 1. The van der Waals surface area contributed by atoms with Gasteiger partial charge in [-0.3, -0.25) is 4.79 Å². The van der Waals surface area contributed by atoms with Gasteiger partial charge in [-0.05, 0) is 61.2 Å². The quantitative estimate of drug-likeness (QED) is 0.793. The van der Waals surface area contributed by atoms with E-state index in [0.29, 0.717) is 25.2 Å². The molecule has 2 aromatic rings. The van der Waals surface area contributed by atoms with Crippen molar-refractivity contribution in [1.82, 2.24) is 20.2 Å². The normalized spacial score (nSPS) is 17.2. The molecular formula is C12H12Br2N4O2S. The Morgan fingerprint density at radius 3 is 2.71 bits per heavy atom. The second kappa shape index (κ2) is 5.77. The maximum Gasteiger partial charge on any atom is 0.311 e. The van der Waals surface area contributed by atoms with E-state index in [0.717, 1.165) is 26.0 Å². The first kappa shape index (κ1) is 15.1. The minimum absolute atomic E-state index is 0.317. The maximum atomic E-state index is 11.7. The van der Waals surface area contributed by atoms with Gasteiger partial charge >= 0.3 is 5.97 Å². The van der Waals surface area contributed by atoms with E-state index in [-0.39, 0.29) is 0 Å². The highest BCUT2D eigenvalue weighted by molar-refractivity contribution is 9.13. The number of carboxylic acids is 1. The maximum absolute atomic E-state index is 11.7. The van der Waals surface area contributed by atoms with Crippen molar-refractivity contribution in [3.05, 3.63) is 14.3 Å². The Morgan fingerprint density at radius 2 is 2.14 bits per heavy atom. The average Bonchev–Trinajstić information content (AvgIpc) is 3.13. The smallest absolute Gasteiger partial charge is 0.311 e. The summed E-state index contributed by atoms with van der Waals surface area (Å²) in [6.07, 6.45) is 3.25. The molecule has 0 unspecified atom stereocenters. The Morgan fingerprint density at radius 1 is 1.43 bits per heavy atom. The second-order valence-electron chi connectivity index (χ2n) is 5.19. The minimum Gasteiger partial charge on any atom is -0.481 e. The number of nitrogens with zero attached hydrogens (tertiary/aromatic N) is 4. The predicted molar refractivity (Wildman–Crippen MR) is 85.1 cm³/mol. The van der Waals surface area contributed by atoms with Crippen LogP contribution in [-0.4, -0.2) is 31.3 Å². The van der Waals surface area contributed by atoms with Gasteiger partial charge in [0.15, 0.2) is 5.82 Å². The molecule has 1 fully saturated rings. The van der Waals surface area contributed by atoms with Crippen LogP contribution in [0.2, 0.25) is 0 Å². The molecule has 1 N–H and O–H groups in total. The lowest BCUT2D eigenvalue weighted by Gasteiger charge is -2.23. The van der Waals surface area contributed by atoms with Crippen LogP contribution >= 0.6 is 43.2 Å². The molecule has 1 aliphatic rings. The van der Waals surface area contributed by atoms with Crippen LogP contribution in [0.3, 0.4) is 0 Å². The molecule has 0 spiro atoms. The summed E-state index contributed by atoms with van der Waals surface area (Å²) >= 11 is 8.40. The summed E-state index contributed by atoms with van der Waals surface area (Å²) in [6, 6.07) is 1.93. The zero-order valence-corrected chi connectivity index (χ0v) is 14.9. The molecule has 0 bridgehead atoms. The lowest BCUT2D eigenvalue weighted by molar-refractivity contribution is -0.149. The van der Waals surface area contributed by atoms with Gasteiger partial charge in [-0.1, -0.05) is 12.8 Å². The average molecular weight is 436 g/mol. The molecule has 0 saturated heterocycles. The Kier molecular flexibility index (Phi) is 4.15. The summed E-state index contributed by atoms with van der Waals surface area (Å²) in [5.74, 6) is -0.145. The van der Waals surface area contributed by atoms with E-state index in [1.807, 2.05) is 6.07 Å². The van der Waals surface area contributed by atoms with Crippen molar-refractivity contribution >= 4 is 49.2 Å². The Balaban J connectivity index is 1.94. The van der Waals surface area contributed by atoms with Crippen LogP contribution in [-0.2, 0) is 11.3 Å². The number of hydrogen-bond acceptors (Lipinski definition) is 5. The van der Waals surface area contributed by atoms with Crippen molar-refractivity contribution in [3.63, 3.8) is 0 Å². The molecule has 6 nitrogen and oxygen atoms in total. The summed E-state index contributed by atoms with van der Waals surface area (Å²) in [5, 5.41) is 21.3. The minimum atomic E-state index is -0.755. The monoisotopic (exact) mass is 434 g/mol. The molecule has 0 amide bonds. The van der Waals surface area contributed by atoms with E-state index in [4.69, 9.17) is 0 Å². The number of halogens is 2. The Bertz CT molecular complexity index is 659. The second-order valence-corrected chi connectivity index (χ2v) is 8.41. The van der Waals surface area contributed by atoms with Crippen molar-refractivity contribution in [1.29, 1.82) is 0 Å². The summed E-state index contributed by atoms with van der Waals surface area (Å²) in [4.78, 5) is 12.6. The van der Waals surface area contributed by atoms with Crippen molar-refractivity contribution in [2.75, 3.05) is 0 Å². The van der Waals surface area contributed by atoms with Crippen molar-refractivity contribution in [3.8, 4) is 10.7 Å². The first-order valence-electron chi connectivity index (χ1n) is 6.47. The van der Waals surface area contributed by atoms with E-state index in [1.165, 1.54) is 11.3 Å². The van der Waals surface area contributed by atoms with Crippen LogP contribution < -0.4 is 0 Å². The third kappa shape index (κ3) is 2.78. The molecule has 21 heavy (non-hydrogen) atoms. The van der Waals surface area contributed by atoms with Crippen molar-refractivity contribution in [2.45, 2.75) is 32.2 Å². The van der Waals surface area contributed by atoms with E-state index in [2.05, 4.69) is 47.4 Å². The first-order valence-corrected chi connectivity index (χ1v) is 8.87. The third-order valence-electron chi connectivity index (χ3n) is 3.86. The number of thiophene rings is 1. The SMILES string of the molecule is O=C(O)C1(Cn2nnnc2-c2cc(Br)c(Br)s2)CCCC1. The molecule has 0 atom stereocenters. The van der Waals surface area contributed by atoms with Crippen LogP contribution in [0.1, 0.15) is 25.7 Å². The van der Waals surface area contributed by atoms with Gasteiger partial charge in [0.2, 0.25) is 0 Å². The van der Waals surface area contributed by atoms with Crippen LogP contribution in [0, 0.1) is 5.41 Å². The molecule has 0 aliphatic heterocycles. The van der Waals surface area contributed by atoms with E-state index in [1.54, 1.807) is 4.68 Å².